The summed E-state index contributed by atoms with van der Waals surface area (Å²) in [7, 11) is 0. The first-order chi connectivity index (χ1) is 17.7. The maximum Gasteiger partial charge on any atom is 0.412 e. The lowest BCUT2D eigenvalue weighted by atomic mass is 9.87. The van der Waals surface area contributed by atoms with Gasteiger partial charge in [0.1, 0.15) is 11.5 Å². The minimum atomic E-state index is -0.749. The first-order valence-corrected chi connectivity index (χ1v) is 13.2. The Balaban J connectivity index is 1.40. The molecule has 0 saturated carbocycles. The summed E-state index contributed by atoms with van der Waals surface area (Å²) in [5, 5.41) is 0. The zero-order chi connectivity index (χ0) is 28.1. The molecule has 2 aromatic rings. The van der Waals surface area contributed by atoms with Gasteiger partial charge in [-0.3, -0.25) is 0 Å². The van der Waals surface area contributed by atoms with Crippen LogP contribution in [-0.2, 0) is 20.3 Å². The molecule has 0 aromatic heterocycles. The van der Waals surface area contributed by atoms with Crippen molar-refractivity contribution in [3.8, 4) is 11.5 Å². The highest BCUT2D eigenvalue weighted by atomic mass is 16.7. The van der Waals surface area contributed by atoms with Crippen LogP contribution in [0.2, 0.25) is 0 Å². The summed E-state index contributed by atoms with van der Waals surface area (Å²) < 4.78 is 22.4. The Bertz CT molecular complexity index is 974. The number of rotatable bonds is 6. The lowest BCUT2D eigenvalue weighted by Gasteiger charge is -2.34. The SMILES string of the molecule is C[C@@H](OC(=O)N1CCN(C(=O)O[C@H](C)Oc2ccc(C(C)(C)C)cc2)CC1)Oc1ccc(C(C)(C)C)cc1. The number of amides is 2. The summed E-state index contributed by atoms with van der Waals surface area (Å²) in [6.07, 6.45) is -2.46. The summed E-state index contributed by atoms with van der Waals surface area (Å²) in [6.45, 7) is 17.6. The van der Waals surface area contributed by atoms with Crippen molar-refractivity contribution >= 4 is 12.2 Å². The van der Waals surface area contributed by atoms with Gasteiger partial charge in [0.25, 0.3) is 0 Å². The third-order valence-corrected chi connectivity index (χ3v) is 6.37. The van der Waals surface area contributed by atoms with E-state index in [1.165, 1.54) is 11.1 Å². The number of ether oxygens (including phenoxy) is 4. The number of carbonyl (C=O) groups is 2. The van der Waals surface area contributed by atoms with Crippen molar-refractivity contribution in [1.29, 1.82) is 0 Å². The van der Waals surface area contributed by atoms with Gasteiger partial charge in [0.2, 0.25) is 12.6 Å². The van der Waals surface area contributed by atoms with Crippen molar-refractivity contribution in [2.75, 3.05) is 26.2 Å². The molecule has 0 radical (unpaired) electrons. The van der Waals surface area contributed by atoms with Gasteiger partial charge in [0.05, 0.1) is 0 Å². The predicted molar refractivity (Wildman–Crippen MR) is 147 cm³/mol. The average molecular weight is 527 g/mol. The number of nitrogens with zero attached hydrogens (tertiary/aromatic N) is 2. The van der Waals surface area contributed by atoms with Gasteiger partial charge in [-0.15, -0.1) is 0 Å². The van der Waals surface area contributed by atoms with E-state index < -0.39 is 24.8 Å². The lowest BCUT2D eigenvalue weighted by molar-refractivity contribution is -0.0479. The van der Waals surface area contributed by atoms with Crippen LogP contribution >= 0.6 is 0 Å². The first kappa shape index (κ1) is 29.1. The van der Waals surface area contributed by atoms with Gasteiger partial charge in [-0.2, -0.15) is 0 Å². The maximum atomic E-state index is 12.6. The molecule has 1 aliphatic rings. The monoisotopic (exact) mass is 526 g/mol. The van der Waals surface area contributed by atoms with Crippen molar-refractivity contribution in [3.63, 3.8) is 0 Å². The van der Waals surface area contributed by atoms with Gasteiger partial charge in [0.15, 0.2) is 0 Å². The first-order valence-electron chi connectivity index (χ1n) is 13.2. The largest absolute Gasteiger partial charge is 0.455 e. The van der Waals surface area contributed by atoms with Crippen molar-refractivity contribution in [3.05, 3.63) is 59.7 Å². The van der Waals surface area contributed by atoms with E-state index in [1.807, 2.05) is 48.5 Å². The van der Waals surface area contributed by atoms with Crippen molar-refractivity contribution < 1.29 is 28.5 Å². The second kappa shape index (κ2) is 12.0. The van der Waals surface area contributed by atoms with Crippen LogP contribution in [0.15, 0.2) is 48.5 Å². The minimum Gasteiger partial charge on any atom is -0.455 e. The molecule has 38 heavy (non-hydrogen) atoms. The van der Waals surface area contributed by atoms with Gasteiger partial charge in [-0.25, -0.2) is 9.59 Å². The summed E-state index contributed by atoms with van der Waals surface area (Å²) >= 11 is 0. The summed E-state index contributed by atoms with van der Waals surface area (Å²) in [4.78, 5) is 28.3. The number of benzene rings is 2. The zero-order valence-corrected chi connectivity index (χ0v) is 23.9. The van der Waals surface area contributed by atoms with Gasteiger partial charge in [0, 0.05) is 40.0 Å². The molecule has 1 fully saturated rings. The van der Waals surface area contributed by atoms with Gasteiger partial charge in [-0.05, 0) is 46.2 Å². The third kappa shape index (κ3) is 8.30. The molecule has 2 amide bonds. The summed E-state index contributed by atoms with van der Waals surface area (Å²) in [5.41, 5.74) is 2.49. The highest BCUT2D eigenvalue weighted by Crippen LogP contribution is 2.26. The van der Waals surface area contributed by atoms with E-state index in [0.29, 0.717) is 37.7 Å². The Morgan fingerprint density at radius 3 is 1.16 bits per heavy atom. The van der Waals surface area contributed by atoms with Crippen molar-refractivity contribution in [1.82, 2.24) is 9.80 Å². The van der Waals surface area contributed by atoms with Crippen LogP contribution in [-0.4, -0.2) is 60.7 Å². The topological polar surface area (TPSA) is 77.5 Å². The molecule has 8 heteroatoms. The molecule has 0 N–H and O–H groups in total. The van der Waals surface area contributed by atoms with E-state index in [0.717, 1.165) is 0 Å². The van der Waals surface area contributed by atoms with Crippen LogP contribution in [0.3, 0.4) is 0 Å². The standard InChI is InChI=1S/C30H42N2O6/c1-21(35-25-13-9-23(10-14-25)29(3,4)5)37-27(33)31-17-19-32(20-18-31)28(34)38-22(2)36-26-15-11-24(12-16-26)30(6,7)8/h9-16,21-22H,17-20H2,1-8H3/t21-,22-/m1/s1. The highest BCUT2D eigenvalue weighted by molar-refractivity contribution is 5.70. The van der Waals surface area contributed by atoms with Gasteiger partial charge in [-0.1, -0.05) is 65.8 Å². The van der Waals surface area contributed by atoms with Crippen LogP contribution in [0.4, 0.5) is 9.59 Å². The molecule has 2 atom stereocenters. The molecule has 0 aliphatic carbocycles. The molecular formula is C30H42N2O6. The molecule has 1 heterocycles. The molecular weight excluding hydrogens is 484 g/mol. The van der Waals surface area contributed by atoms with Gasteiger partial charge < -0.3 is 28.7 Å². The van der Waals surface area contributed by atoms with Crippen molar-refractivity contribution in [2.45, 2.75) is 78.8 Å². The normalized spacial score (nSPS) is 15.9. The second-order valence-electron chi connectivity index (χ2n) is 11.7. The van der Waals surface area contributed by atoms with E-state index in [1.54, 1.807) is 23.6 Å². The molecule has 0 spiro atoms. The number of carbonyl (C=O) groups excluding carboxylic acids is 2. The molecule has 2 aromatic carbocycles. The average Bonchev–Trinajstić information content (AvgIpc) is 2.83. The molecule has 208 valence electrons. The number of hydrogen-bond acceptors (Lipinski definition) is 6. The fraction of sp³-hybridized carbons (Fsp3) is 0.533. The van der Waals surface area contributed by atoms with E-state index in [2.05, 4.69) is 41.5 Å². The molecule has 3 rings (SSSR count). The Kier molecular flexibility index (Phi) is 9.18. The highest BCUT2D eigenvalue weighted by Gasteiger charge is 2.28. The van der Waals surface area contributed by atoms with Crippen LogP contribution in [0.5, 0.6) is 11.5 Å². The number of hydrogen-bond donors (Lipinski definition) is 0. The quantitative estimate of drug-likeness (QED) is 0.410. The molecule has 8 nitrogen and oxygen atoms in total. The van der Waals surface area contributed by atoms with E-state index in [4.69, 9.17) is 18.9 Å². The van der Waals surface area contributed by atoms with Crippen molar-refractivity contribution in [2.24, 2.45) is 0 Å². The van der Waals surface area contributed by atoms with Crippen LogP contribution in [0, 0.1) is 0 Å². The summed E-state index contributed by atoms with van der Waals surface area (Å²) in [5.74, 6) is 1.26. The Hall–Kier alpha value is -3.42. The lowest BCUT2D eigenvalue weighted by Crippen LogP contribution is -2.51. The summed E-state index contributed by atoms with van der Waals surface area (Å²) in [6, 6.07) is 15.5. The smallest absolute Gasteiger partial charge is 0.412 e. The van der Waals surface area contributed by atoms with Crippen LogP contribution in [0.1, 0.15) is 66.5 Å². The van der Waals surface area contributed by atoms with E-state index in [9.17, 15) is 9.59 Å². The Labute approximate surface area is 226 Å². The van der Waals surface area contributed by atoms with Gasteiger partial charge >= 0.3 is 12.2 Å². The Morgan fingerprint density at radius 2 is 0.895 bits per heavy atom. The molecule has 0 unspecified atom stereocenters. The fourth-order valence-electron chi connectivity index (χ4n) is 4.00. The number of piperazine rings is 1. The minimum absolute atomic E-state index is 0.0502. The Morgan fingerprint density at radius 1 is 0.605 bits per heavy atom. The van der Waals surface area contributed by atoms with Crippen LogP contribution in [0.25, 0.3) is 0 Å². The van der Waals surface area contributed by atoms with Crippen LogP contribution < -0.4 is 9.47 Å². The molecule has 1 aliphatic heterocycles. The van der Waals surface area contributed by atoms with E-state index >= 15 is 0 Å². The fourth-order valence-corrected chi connectivity index (χ4v) is 4.00. The second-order valence-corrected chi connectivity index (χ2v) is 11.7. The third-order valence-electron chi connectivity index (χ3n) is 6.37. The molecule has 0 bridgehead atoms. The van der Waals surface area contributed by atoms with E-state index in [-0.39, 0.29) is 10.8 Å². The predicted octanol–water partition coefficient (Wildman–Crippen LogP) is 6.32. The molecule has 1 saturated heterocycles. The maximum absolute atomic E-state index is 12.6. The zero-order valence-electron chi connectivity index (χ0n) is 23.9.